The molecule has 0 bridgehead atoms. The van der Waals surface area contributed by atoms with Crippen LogP contribution in [0.15, 0.2) is 30.3 Å². The molecule has 0 aromatic heterocycles. The third-order valence-corrected chi connectivity index (χ3v) is 3.21. The zero-order valence-corrected chi connectivity index (χ0v) is 15.5. The van der Waals surface area contributed by atoms with Crippen molar-refractivity contribution in [3.8, 4) is 0 Å². The highest BCUT2D eigenvalue weighted by atomic mass is 35.5. The number of benzene rings is 1. The second kappa shape index (κ2) is 12.7. The van der Waals surface area contributed by atoms with Gasteiger partial charge in [0.25, 0.3) is 0 Å². The lowest BCUT2D eigenvalue weighted by atomic mass is 10.0. The number of nitrogens with one attached hydrogen (secondary N) is 2. The van der Waals surface area contributed by atoms with Crippen LogP contribution in [0.4, 0.5) is 0 Å². The second-order valence-electron chi connectivity index (χ2n) is 5.62. The van der Waals surface area contributed by atoms with Crippen molar-refractivity contribution in [2.45, 2.75) is 19.4 Å². The average molecular weight is 350 g/mol. The quantitative estimate of drug-likeness (QED) is 0.754. The number of likely N-dealkylation sites (N-methyl/N-ethyl adjacent to an activating group) is 1. The maximum atomic E-state index is 12.1. The molecule has 0 aliphatic carbocycles. The maximum absolute atomic E-state index is 12.1. The van der Waals surface area contributed by atoms with E-state index in [9.17, 15) is 4.79 Å². The molecule has 1 rings (SSSR count). The van der Waals surface area contributed by atoms with E-state index < -0.39 is 0 Å². The fraction of sp³-hybridized carbons (Fsp3) is 0.562. The number of rotatable bonds is 8. The number of carbonyl (C=O) groups excluding carboxylic acids is 1. The first kappa shape index (κ1) is 23.5. The monoisotopic (exact) mass is 349 g/mol. The molecule has 4 nitrogen and oxygen atoms in total. The minimum atomic E-state index is -0.0135. The van der Waals surface area contributed by atoms with Crippen molar-refractivity contribution in [3.63, 3.8) is 0 Å². The molecule has 0 spiro atoms. The lowest BCUT2D eigenvalue weighted by molar-refractivity contribution is -0.125. The number of amides is 1. The van der Waals surface area contributed by atoms with Gasteiger partial charge in [0.15, 0.2) is 0 Å². The van der Waals surface area contributed by atoms with Gasteiger partial charge in [-0.15, -0.1) is 24.8 Å². The fourth-order valence-corrected chi connectivity index (χ4v) is 2.24. The average Bonchev–Trinajstić information content (AvgIpc) is 2.39. The molecular formula is C16H29Cl2N3O. The summed E-state index contributed by atoms with van der Waals surface area (Å²) >= 11 is 0. The predicted octanol–water partition coefficient (Wildman–Crippen LogP) is 1.97. The molecule has 0 aliphatic heterocycles. The van der Waals surface area contributed by atoms with Gasteiger partial charge in [0.2, 0.25) is 5.91 Å². The summed E-state index contributed by atoms with van der Waals surface area (Å²) in [6, 6.07) is 10.4. The summed E-state index contributed by atoms with van der Waals surface area (Å²) in [5, 5.41) is 6.20. The van der Waals surface area contributed by atoms with Gasteiger partial charge in [-0.3, -0.25) is 4.79 Å². The lowest BCUT2D eigenvalue weighted by Gasteiger charge is -2.24. The summed E-state index contributed by atoms with van der Waals surface area (Å²) in [6.07, 6.45) is 0.858. The molecule has 22 heavy (non-hydrogen) atoms. The predicted molar refractivity (Wildman–Crippen MR) is 98.2 cm³/mol. The first-order chi connectivity index (χ1) is 9.52. The molecule has 2 N–H and O–H groups in total. The van der Waals surface area contributed by atoms with Crippen LogP contribution in [-0.4, -0.2) is 51.1 Å². The maximum Gasteiger partial charge on any atom is 0.224 e. The number of halogens is 2. The Labute approximate surface area is 146 Å². The Morgan fingerprint density at radius 1 is 1.18 bits per heavy atom. The van der Waals surface area contributed by atoms with Crippen LogP contribution < -0.4 is 10.6 Å². The van der Waals surface area contributed by atoms with E-state index in [-0.39, 0.29) is 42.7 Å². The molecule has 0 fully saturated rings. The van der Waals surface area contributed by atoms with Crippen molar-refractivity contribution in [2.24, 2.45) is 5.92 Å². The number of hydrogen-bond acceptors (Lipinski definition) is 3. The molecule has 0 saturated carbocycles. The van der Waals surface area contributed by atoms with Gasteiger partial charge >= 0.3 is 0 Å². The van der Waals surface area contributed by atoms with Crippen molar-refractivity contribution in [2.75, 3.05) is 34.2 Å². The molecule has 0 heterocycles. The summed E-state index contributed by atoms with van der Waals surface area (Å²) in [4.78, 5) is 14.3. The highest BCUT2D eigenvalue weighted by molar-refractivity contribution is 5.85. The SMILES string of the molecule is CNCC(C)C(=O)NC(Cc1ccccc1)CN(C)C.Cl.Cl. The summed E-state index contributed by atoms with van der Waals surface area (Å²) in [6.45, 7) is 3.49. The van der Waals surface area contributed by atoms with Crippen molar-refractivity contribution < 1.29 is 4.79 Å². The normalized spacial score (nSPS) is 12.8. The van der Waals surface area contributed by atoms with E-state index in [0.29, 0.717) is 6.54 Å². The van der Waals surface area contributed by atoms with E-state index in [1.165, 1.54) is 5.56 Å². The molecular weight excluding hydrogens is 321 g/mol. The van der Waals surface area contributed by atoms with Crippen LogP contribution in [0.3, 0.4) is 0 Å². The Bertz CT molecular complexity index is 402. The van der Waals surface area contributed by atoms with Gasteiger partial charge in [0, 0.05) is 25.0 Å². The summed E-state index contributed by atoms with van der Waals surface area (Å²) in [5.74, 6) is 0.0996. The van der Waals surface area contributed by atoms with Crippen molar-refractivity contribution in [3.05, 3.63) is 35.9 Å². The Hall–Kier alpha value is -0.810. The van der Waals surface area contributed by atoms with Crippen molar-refractivity contribution in [1.82, 2.24) is 15.5 Å². The molecule has 1 aromatic rings. The van der Waals surface area contributed by atoms with Gasteiger partial charge in [-0.05, 0) is 33.1 Å². The smallest absolute Gasteiger partial charge is 0.224 e. The number of nitrogens with zero attached hydrogens (tertiary/aromatic N) is 1. The van der Waals surface area contributed by atoms with Crippen LogP contribution in [0.2, 0.25) is 0 Å². The van der Waals surface area contributed by atoms with Gasteiger partial charge in [-0.2, -0.15) is 0 Å². The van der Waals surface area contributed by atoms with Crippen LogP contribution >= 0.6 is 24.8 Å². The summed E-state index contributed by atoms with van der Waals surface area (Å²) in [5.41, 5.74) is 1.25. The van der Waals surface area contributed by atoms with Crippen LogP contribution in [0.5, 0.6) is 0 Å². The molecule has 1 aromatic carbocycles. The molecule has 0 saturated heterocycles. The van der Waals surface area contributed by atoms with E-state index in [1.807, 2.05) is 46.3 Å². The van der Waals surface area contributed by atoms with E-state index in [4.69, 9.17) is 0 Å². The molecule has 128 valence electrons. The minimum absolute atomic E-state index is 0. The number of carbonyl (C=O) groups is 1. The van der Waals surface area contributed by atoms with Crippen LogP contribution in [0, 0.1) is 5.92 Å². The van der Waals surface area contributed by atoms with Gasteiger partial charge in [-0.25, -0.2) is 0 Å². The van der Waals surface area contributed by atoms with Crippen LogP contribution in [0.25, 0.3) is 0 Å². The fourth-order valence-electron chi connectivity index (χ4n) is 2.24. The van der Waals surface area contributed by atoms with Crippen LogP contribution in [-0.2, 0) is 11.2 Å². The van der Waals surface area contributed by atoms with Gasteiger partial charge < -0.3 is 15.5 Å². The topological polar surface area (TPSA) is 44.4 Å². The molecule has 1 amide bonds. The Balaban J connectivity index is 0. The largest absolute Gasteiger partial charge is 0.351 e. The zero-order valence-electron chi connectivity index (χ0n) is 13.8. The van der Waals surface area contributed by atoms with Gasteiger partial charge in [0.1, 0.15) is 0 Å². The number of hydrogen-bond donors (Lipinski definition) is 2. The van der Waals surface area contributed by atoms with E-state index in [1.54, 1.807) is 0 Å². The minimum Gasteiger partial charge on any atom is -0.351 e. The first-order valence-corrected chi connectivity index (χ1v) is 7.16. The molecule has 0 radical (unpaired) electrons. The van der Waals surface area contributed by atoms with Gasteiger partial charge in [0.05, 0.1) is 0 Å². The van der Waals surface area contributed by atoms with E-state index in [0.717, 1.165) is 13.0 Å². The first-order valence-electron chi connectivity index (χ1n) is 7.16. The van der Waals surface area contributed by atoms with Crippen molar-refractivity contribution in [1.29, 1.82) is 0 Å². The van der Waals surface area contributed by atoms with Crippen LogP contribution in [0.1, 0.15) is 12.5 Å². The Morgan fingerprint density at radius 2 is 1.77 bits per heavy atom. The molecule has 6 heteroatoms. The van der Waals surface area contributed by atoms with Gasteiger partial charge in [-0.1, -0.05) is 37.3 Å². The Morgan fingerprint density at radius 3 is 2.27 bits per heavy atom. The van der Waals surface area contributed by atoms with Crippen molar-refractivity contribution >= 4 is 30.7 Å². The highest BCUT2D eigenvalue weighted by Crippen LogP contribution is 2.05. The summed E-state index contributed by atoms with van der Waals surface area (Å²) < 4.78 is 0. The van der Waals surface area contributed by atoms with E-state index >= 15 is 0 Å². The molecule has 0 aliphatic rings. The Kier molecular flexibility index (Phi) is 13.5. The third-order valence-electron chi connectivity index (χ3n) is 3.21. The zero-order chi connectivity index (χ0) is 15.0. The third kappa shape index (κ3) is 9.26. The highest BCUT2D eigenvalue weighted by Gasteiger charge is 2.18. The standard InChI is InChI=1S/C16H27N3O.2ClH/c1-13(11-17-2)16(20)18-15(12-19(3)4)10-14-8-6-5-7-9-14;;/h5-9,13,15,17H,10-12H2,1-4H3,(H,18,20);2*1H. The lowest BCUT2D eigenvalue weighted by Crippen LogP contribution is -2.46. The molecule has 2 atom stereocenters. The second-order valence-corrected chi connectivity index (χ2v) is 5.62. The van der Waals surface area contributed by atoms with E-state index in [2.05, 4.69) is 27.7 Å². The molecule has 2 unspecified atom stereocenters. The summed E-state index contributed by atoms with van der Waals surface area (Å²) in [7, 11) is 5.92.